The van der Waals surface area contributed by atoms with E-state index in [1.807, 2.05) is 12.1 Å². The largest absolute Gasteiger partial charge is 0.495 e. The molecule has 8 nitrogen and oxygen atoms in total. The number of piperazine rings is 1. The number of anilines is 2. The van der Waals surface area contributed by atoms with E-state index in [-0.39, 0.29) is 0 Å². The predicted octanol–water partition coefficient (Wildman–Crippen LogP) is 3.26. The van der Waals surface area contributed by atoms with Gasteiger partial charge in [0, 0.05) is 70.2 Å². The van der Waals surface area contributed by atoms with Crippen LogP contribution in [-0.2, 0) is 11.3 Å². The average molecular weight is 503 g/mol. The highest BCUT2D eigenvalue weighted by Crippen LogP contribution is 2.40. The van der Waals surface area contributed by atoms with Gasteiger partial charge < -0.3 is 24.6 Å². The molecule has 1 N–H and O–H groups in total. The first-order chi connectivity index (χ1) is 18.3. The van der Waals surface area contributed by atoms with Gasteiger partial charge in [0.15, 0.2) is 0 Å². The van der Waals surface area contributed by atoms with Crippen molar-refractivity contribution in [3.05, 3.63) is 53.9 Å². The molecule has 3 aromatic rings. The molecule has 8 heteroatoms. The molecule has 0 atom stereocenters. The molecule has 196 valence electrons. The monoisotopic (exact) mass is 502 g/mol. The number of morpholine rings is 1. The van der Waals surface area contributed by atoms with Crippen LogP contribution in [0.3, 0.4) is 0 Å². The van der Waals surface area contributed by atoms with Crippen LogP contribution in [0.1, 0.15) is 30.1 Å². The summed E-state index contributed by atoms with van der Waals surface area (Å²) in [6, 6.07) is 15.0. The predicted molar refractivity (Wildman–Crippen MR) is 148 cm³/mol. The fraction of sp³-hybridized carbons (Fsp3) is 0.517. The second-order valence-electron chi connectivity index (χ2n) is 10.3. The Morgan fingerprint density at radius 3 is 2.51 bits per heavy atom. The Morgan fingerprint density at radius 2 is 1.73 bits per heavy atom. The van der Waals surface area contributed by atoms with Gasteiger partial charge in [0.05, 0.1) is 31.5 Å². The van der Waals surface area contributed by atoms with E-state index in [0.717, 1.165) is 95.0 Å². The zero-order chi connectivity index (χ0) is 25.0. The first-order valence-electron chi connectivity index (χ1n) is 13.7. The number of para-hydroxylation sites is 2. The van der Waals surface area contributed by atoms with Crippen molar-refractivity contribution in [3.63, 3.8) is 0 Å². The number of fused-ring (bicyclic) bond motifs is 1. The van der Waals surface area contributed by atoms with E-state index in [0.29, 0.717) is 5.92 Å². The Hall–Kier alpha value is -2.94. The van der Waals surface area contributed by atoms with Gasteiger partial charge in [-0.05, 0) is 42.7 Å². The fourth-order valence-electron chi connectivity index (χ4n) is 5.40. The molecule has 0 spiro atoms. The molecule has 3 heterocycles. The second kappa shape index (κ2) is 11.2. The van der Waals surface area contributed by atoms with Crippen molar-refractivity contribution in [3.8, 4) is 5.75 Å². The number of hydrogen-bond donors (Lipinski definition) is 1. The van der Waals surface area contributed by atoms with Gasteiger partial charge in [-0.1, -0.05) is 18.2 Å². The summed E-state index contributed by atoms with van der Waals surface area (Å²) in [5, 5.41) is 4.80. The molecule has 0 radical (unpaired) electrons. The highest BCUT2D eigenvalue weighted by molar-refractivity contribution is 5.90. The van der Waals surface area contributed by atoms with Gasteiger partial charge in [0.25, 0.3) is 0 Å². The first-order valence-corrected chi connectivity index (χ1v) is 13.7. The van der Waals surface area contributed by atoms with Crippen molar-refractivity contribution in [1.29, 1.82) is 0 Å². The van der Waals surface area contributed by atoms with Crippen molar-refractivity contribution in [1.82, 2.24) is 20.2 Å². The van der Waals surface area contributed by atoms with Crippen LogP contribution in [0.25, 0.3) is 10.9 Å². The third-order valence-electron chi connectivity index (χ3n) is 7.74. The number of nitrogens with one attached hydrogen (secondary N) is 1. The second-order valence-corrected chi connectivity index (χ2v) is 10.3. The van der Waals surface area contributed by atoms with Gasteiger partial charge in [-0.25, -0.2) is 9.97 Å². The molecular formula is C29H38N6O2. The number of methoxy groups -OCH3 is 1. The summed E-state index contributed by atoms with van der Waals surface area (Å²) >= 11 is 0. The summed E-state index contributed by atoms with van der Waals surface area (Å²) in [6.07, 6.45) is 2.41. The Bertz CT molecular complexity index is 1200. The van der Waals surface area contributed by atoms with E-state index in [4.69, 9.17) is 19.4 Å². The van der Waals surface area contributed by atoms with Crippen LogP contribution in [0, 0.1) is 0 Å². The normalized spacial score (nSPS) is 18.9. The molecule has 2 aliphatic heterocycles. The van der Waals surface area contributed by atoms with Crippen molar-refractivity contribution in [2.45, 2.75) is 25.3 Å². The van der Waals surface area contributed by atoms with Crippen LogP contribution < -0.4 is 19.9 Å². The maximum Gasteiger partial charge on any atom is 0.142 e. The van der Waals surface area contributed by atoms with E-state index in [1.165, 1.54) is 29.5 Å². The highest BCUT2D eigenvalue weighted by Gasteiger charge is 2.29. The van der Waals surface area contributed by atoms with E-state index in [1.54, 1.807) is 7.11 Å². The number of nitrogens with zero attached hydrogens (tertiary/aromatic N) is 5. The van der Waals surface area contributed by atoms with Crippen LogP contribution in [0.15, 0.2) is 42.5 Å². The summed E-state index contributed by atoms with van der Waals surface area (Å²) in [4.78, 5) is 17.5. The summed E-state index contributed by atoms with van der Waals surface area (Å²) in [7, 11) is 1.75. The molecule has 0 amide bonds. The van der Waals surface area contributed by atoms with Gasteiger partial charge in [0.1, 0.15) is 17.4 Å². The minimum absolute atomic E-state index is 0.527. The van der Waals surface area contributed by atoms with Crippen LogP contribution >= 0.6 is 0 Å². The molecule has 1 aliphatic carbocycles. The Labute approximate surface area is 219 Å². The zero-order valence-corrected chi connectivity index (χ0v) is 21.9. The molecule has 2 saturated heterocycles. The zero-order valence-electron chi connectivity index (χ0n) is 21.9. The van der Waals surface area contributed by atoms with Crippen molar-refractivity contribution >= 4 is 22.4 Å². The number of hydrogen-bond acceptors (Lipinski definition) is 8. The molecule has 37 heavy (non-hydrogen) atoms. The first kappa shape index (κ1) is 24.4. The maximum absolute atomic E-state index is 5.61. The van der Waals surface area contributed by atoms with Crippen molar-refractivity contribution in [2.24, 2.45) is 0 Å². The van der Waals surface area contributed by atoms with Crippen LogP contribution in [0.2, 0.25) is 0 Å². The van der Waals surface area contributed by atoms with Crippen LogP contribution in [0.4, 0.5) is 11.5 Å². The van der Waals surface area contributed by atoms with Gasteiger partial charge in [-0.2, -0.15) is 0 Å². The molecule has 3 fully saturated rings. The topological polar surface area (TPSA) is 66.0 Å². The van der Waals surface area contributed by atoms with Gasteiger partial charge in [-0.15, -0.1) is 0 Å². The average Bonchev–Trinajstić information content (AvgIpc) is 3.81. The van der Waals surface area contributed by atoms with Crippen molar-refractivity contribution in [2.75, 3.05) is 82.5 Å². The number of rotatable bonds is 9. The van der Waals surface area contributed by atoms with Crippen LogP contribution in [0.5, 0.6) is 5.75 Å². The molecule has 0 unspecified atom stereocenters. The molecule has 3 aliphatic rings. The minimum atomic E-state index is 0.527. The lowest BCUT2D eigenvalue weighted by molar-refractivity contribution is 0.0384. The Morgan fingerprint density at radius 1 is 0.946 bits per heavy atom. The third kappa shape index (κ3) is 5.66. The molecule has 1 saturated carbocycles. The van der Waals surface area contributed by atoms with Gasteiger partial charge in [0.2, 0.25) is 0 Å². The van der Waals surface area contributed by atoms with E-state index in [2.05, 4.69) is 50.3 Å². The number of benzene rings is 2. The van der Waals surface area contributed by atoms with Crippen LogP contribution in [-0.4, -0.2) is 87.5 Å². The van der Waals surface area contributed by atoms with Gasteiger partial charge >= 0.3 is 0 Å². The summed E-state index contributed by atoms with van der Waals surface area (Å²) in [5.41, 5.74) is 3.52. The number of aromatic nitrogens is 2. The summed E-state index contributed by atoms with van der Waals surface area (Å²) in [5.74, 6) is 3.58. The molecule has 0 bridgehead atoms. The van der Waals surface area contributed by atoms with E-state index in [9.17, 15) is 0 Å². The Kier molecular flexibility index (Phi) is 7.39. The smallest absolute Gasteiger partial charge is 0.142 e. The summed E-state index contributed by atoms with van der Waals surface area (Å²) < 4.78 is 11.1. The quantitative estimate of drug-likeness (QED) is 0.448. The number of ether oxygens (including phenoxy) is 2. The molecule has 6 rings (SSSR count). The SMILES string of the molecule is COc1ccccc1N1CCN(c2nc(C3CC3)nc3ccc(CNCCN4CCOCC4)cc23)CC1. The van der Waals surface area contributed by atoms with Crippen molar-refractivity contribution < 1.29 is 9.47 Å². The van der Waals surface area contributed by atoms with E-state index >= 15 is 0 Å². The van der Waals surface area contributed by atoms with Gasteiger partial charge in [-0.3, -0.25) is 4.90 Å². The molecule has 2 aromatic carbocycles. The lowest BCUT2D eigenvalue weighted by Crippen LogP contribution is -2.47. The standard InChI is InChI=1S/C29H38N6O2/c1-36-27-5-3-2-4-26(27)34-12-14-35(15-13-34)29-24-20-22(21-30-10-11-33-16-18-37-19-17-33)6-9-25(24)31-28(32-29)23-7-8-23/h2-6,9,20,23,30H,7-8,10-19,21H2,1H3. The lowest BCUT2D eigenvalue weighted by Gasteiger charge is -2.37. The third-order valence-corrected chi connectivity index (χ3v) is 7.74. The van der Waals surface area contributed by atoms with E-state index < -0.39 is 0 Å². The maximum atomic E-state index is 5.61. The lowest BCUT2D eigenvalue weighted by atomic mass is 10.1. The summed E-state index contributed by atoms with van der Waals surface area (Å²) in [6.45, 7) is 10.4. The highest BCUT2D eigenvalue weighted by atomic mass is 16.5. The molecule has 1 aromatic heterocycles. The Balaban J connectivity index is 1.17. The fourth-order valence-corrected chi connectivity index (χ4v) is 5.40. The molecular weight excluding hydrogens is 464 g/mol. The minimum Gasteiger partial charge on any atom is -0.495 e.